The van der Waals surface area contributed by atoms with Crippen molar-refractivity contribution in [2.45, 2.75) is 20.8 Å². The molecule has 1 heterocycles. The van der Waals surface area contributed by atoms with E-state index in [1.165, 1.54) is 0 Å². The summed E-state index contributed by atoms with van der Waals surface area (Å²) in [5, 5.41) is 2.78. The highest BCUT2D eigenvalue weighted by Gasteiger charge is 2.05. The van der Waals surface area contributed by atoms with Crippen LogP contribution in [-0.4, -0.2) is 10.9 Å². The van der Waals surface area contributed by atoms with E-state index in [2.05, 4.69) is 10.3 Å². The van der Waals surface area contributed by atoms with Crippen LogP contribution in [0.2, 0.25) is 0 Å². The highest BCUT2D eigenvalue weighted by Crippen LogP contribution is 2.08. The Morgan fingerprint density at radius 1 is 1.17 bits per heavy atom. The highest BCUT2D eigenvalue weighted by atomic mass is 16.1. The molecule has 0 fully saturated rings. The molecule has 0 radical (unpaired) electrons. The lowest BCUT2D eigenvalue weighted by molar-refractivity contribution is 0.102. The van der Waals surface area contributed by atoms with Gasteiger partial charge in [0.2, 0.25) is 0 Å². The lowest BCUT2D eigenvalue weighted by Crippen LogP contribution is -2.11. The Morgan fingerprint density at radius 3 is 2.56 bits per heavy atom. The average molecular weight is 242 g/mol. The van der Waals surface area contributed by atoms with Crippen molar-refractivity contribution >= 4 is 11.6 Å². The van der Waals surface area contributed by atoms with Crippen LogP contribution < -0.4 is 5.32 Å². The molecule has 18 heavy (non-hydrogen) atoms. The summed E-state index contributed by atoms with van der Waals surface area (Å²) in [4.78, 5) is 15.8. The van der Waals surface area contributed by atoms with Crippen molar-refractivity contribution in [3.05, 3.63) is 59.9 Å². The first kappa shape index (κ1) is 13.9. The van der Waals surface area contributed by atoms with Gasteiger partial charge in [0, 0.05) is 11.8 Å². The first-order valence-corrected chi connectivity index (χ1v) is 6.04. The van der Waals surface area contributed by atoms with E-state index >= 15 is 0 Å². The van der Waals surface area contributed by atoms with Crippen LogP contribution in [0.4, 0.5) is 5.69 Å². The molecule has 3 heteroatoms. The van der Waals surface area contributed by atoms with Crippen molar-refractivity contribution in [2.24, 2.45) is 0 Å². The van der Waals surface area contributed by atoms with Gasteiger partial charge in [-0.05, 0) is 31.2 Å². The van der Waals surface area contributed by atoms with Crippen molar-refractivity contribution < 1.29 is 4.79 Å². The predicted molar refractivity (Wildman–Crippen MR) is 74.7 cm³/mol. The molecule has 0 unspecified atom stereocenters. The summed E-state index contributed by atoms with van der Waals surface area (Å²) < 4.78 is 0. The van der Waals surface area contributed by atoms with Gasteiger partial charge in [0.15, 0.2) is 0 Å². The molecule has 94 valence electrons. The quantitative estimate of drug-likeness (QED) is 0.873. The molecule has 3 nitrogen and oxygen atoms in total. The monoisotopic (exact) mass is 242 g/mol. The molecule has 0 saturated heterocycles. The fourth-order valence-corrected chi connectivity index (χ4v) is 1.43. The number of benzene rings is 1. The normalized spacial score (nSPS) is 9.06. The van der Waals surface area contributed by atoms with Gasteiger partial charge in [-0.15, -0.1) is 0 Å². The van der Waals surface area contributed by atoms with E-state index < -0.39 is 0 Å². The largest absolute Gasteiger partial charge is 0.321 e. The summed E-state index contributed by atoms with van der Waals surface area (Å²) in [6.45, 7) is 5.96. The third kappa shape index (κ3) is 4.01. The minimum atomic E-state index is -0.114. The van der Waals surface area contributed by atoms with Gasteiger partial charge < -0.3 is 5.32 Å². The Morgan fingerprint density at radius 2 is 1.94 bits per heavy atom. The topological polar surface area (TPSA) is 42.0 Å². The maximum Gasteiger partial charge on any atom is 0.255 e. The van der Waals surface area contributed by atoms with E-state index in [0.29, 0.717) is 11.3 Å². The fraction of sp³-hybridized carbons (Fsp3) is 0.200. The van der Waals surface area contributed by atoms with E-state index in [9.17, 15) is 4.79 Å². The summed E-state index contributed by atoms with van der Waals surface area (Å²) in [7, 11) is 0. The number of rotatable bonds is 2. The number of aryl methyl sites for hydroxylation is 1. The number of anilines is 1. The Kier molecular flexibility index (Phi) is 5.58. The molecule has 1 aromatic heterocycles. The van der Waals surface area contributed by atoms with Crippen LogP contribution in [0.25, 0.3) is 0 Å². The second-order valence-corrected chi connectivity index (χ2v) is 3.57. The minimum Gasteiger partial charge on any atom is -0.321 e. The number of nitrogens with zero attached hydrogens (tertiary/aromatic N) is 1. The van der Waals surface area contributed by atoms with E-state index in [1.807, 2.05) is 39.0 Å². The molecule has 1 N–H and O–H groups in total. The molecular formula is C15H18N2O. The lowest BCUT2D eigenvalue weighted by atomic mass is 10.1. The summed E-state index contributed by atoms with van der Waals surface area (Å²) in [5.41, 5.74) is 2.43. The molecule has 2 rings (SSSR count). The van der Waals surface area contributed by atoms with Crippen molar-refractivity contribution in [1.29, 1.82) is 0 Å². The zero-order chi connectivity index (χ0) is 13.4. The zero-order valence-electron chi connectivity index (χ0n) is 11.0. The summed E-state index contributed by atoms with van der Waals surface area (Å²) in [6.07, 6.45) is 3.29. The van der Waals surface area contributed by atoms with Gasteiger partial charge in [-0.25, -0.2) is 0 Å². The van der Waals surface area contributed by atoms with Crippen molar-refractivity contribution in [2.75, 3.05) is 5.32 Å². The number of hydrogen-bond donors (Lipinski definition) is 1. The van der Waals surface area contributed by atoms with Crippen LogP contribution in [0, 0.1) is 6.92 Å². The number of hydrogen-bond acceptors (Lipinski definition) is 2. The molecule has 2 aromatic rings. The van der Waals surface area contributed by atoms with Crippen LogP contribution >= 0.6 is 0 Å². The van der Waals surface area contributed by atoms with Crippen LogP contribution in [0.3, 0.4) is 0 Å². The number of carbonyl (C=O) groups is 1. The van der Waals surface area contributed by atoms with Crippen LogP contribution in [0.1, 0.15) is 29.8 Å². The van der Waals surface area contributed by atoms with E-state index in [4.69, 9.17) is 0 Å². The Labute approximate surface area is 108 Å². The second kappa shape index (κ2) is 7.22. The van der Waals surface area contributed by atoms with Crippen LogP contribution in [-0.2, 0) is 0 Å². The molecule has 0 saturated carbocycles. The SMILES string of the molecule is CC.Cc1cccc(C(=O)Nc2cccnc2)c1. The van der Waals surface area contributed by atoms with Crippen LogP contribution in [0.5, 0.6) is 0 Å². The molecule has 0 aliphatic heterocycles. The summed E-state index contributed by atoms with van der Waals surface area (Å²) in [6, 6.07) is 11.1. The number of nitrogens with one attached hydrogen (secondary N) is 1. The van der Waals surface area contributed by atoms with Crippen molar-refractivity contribution in [1.82, 2.24) is 4.98 Å². The molecular weight excluding hydrogens is 224 g/mol. The minimum absolute atomic E-state index is 0.114. The van der Waals surface area contributed by atoms with Gasteiger partial charge >= 0.3 is 0 Å². The lowest BCUT2D eigenvalue weighted by Gasteiger charge is -2.04. The third-order valence-electron chi connectivity index (χ3n) is 2.20. The first-order valence-electron chi connectivity index (χ1n) is 6.04. The highest BCUT2D eigenvalue weighted by molar-refractivity contribution is 6.04. The van der Waals surface area contributed by atoms with Gasteiger partial charge in [0.1, 0.15) is 0 Å². The average Bonchev–Trinajstić information content (AvgIpc) is 2.42. The number of aromatic nitrogens is 1. The van der Waals surface area contributed by atoms with Crippen molar-refractivity contribution in [3.63, 3.8) is 0 Å². The van der Waals surface area contributed by atoms with Gasteiger partial charge in [-0.3, -0.25) is 9.78 Å². The summed E-state index contributed by atoms with van der Waals surface area (Å²) in [5.74, 6) is -0.114. The smallest absolute Gasteiger partial charge is 0.255 e. The Bertz CT molecular complexity index is 495. The fourth-order valence-electron chi connectivity index (χ4n) is 1.43. The molecule has 0 spiro atoms. The second-order valence-electron chi connectivity index (χ2n) is 3.57. The predicted octanol–water partition coefficient (Wildman–Crippen LogP) is 3.67. The molecule has 0 aliphatic rings. The number of carbonyl (C=O) groups excluding carboxylic acids is 1. The van der Waals surface area contributed by atoms with Gasteiger partial charge in [-0.1, -0.05) is 31.5 Å². The maximum absolute atomic E-state index is 11.8. The van der Waals surface area contributed by atoms with Crippen molar-refractivity contribution in [3.8, 4) is 0 Å². The van der Waals surface area contributed by atoms with E-state index in [0.717, 1.165) is 5.56 Å². The van der Waals surface area contributed by atoms with Gasteiger partial charge in [0.25, 0.3) is 5.91 Å². The zero-order valence-corrected chi connectivity index (χ0v) is 11.0. The van der Waals surface area contributed by atoms with Gasteiger partial charge in [0.05, 0.1) is 11.9 Å². The summed E-state index contributed by atoms with van der Waals surface area (Å²) >= 11 is 0. The number of amides is 1. The third-order valence-corrected chi connectivity index (χ3v) is 2.20. The standard InChI is InChI=1S/C13H12N2O.C2H6/c1-10-4-2-5-11(8-10)13(16)15-12-6-3-7-14-9-12;1-2/h2-9H,1H3,(H,15,16);1-2H3. The molecule has 1 amide bonds. The van der Waals surface area contributed by atoms with E-state index in [1.54, 1.807) is 30.6 Å². The maximum atomic E-state index is 11.8. The van der Waals surface area contributed by atoms with E-state index in [-0.39, 0.29) is 5.91 Å². The Balaban J connectivity index is 0.000000771. The van der Waals surface area contributed by atoms with Gasteiger partial charge in [-0.2, -0.15) is 0 Å². The molecule has 0 atom stereocenters. The van der Waals surface area contributed by atoms with Crippen LogP contribution in [0.15, 0.2) is 48.8 Å². The first-order chi connectivity index (χ1) is 8.75. The molecule has 0 aliphatic carbocycles. The molecule has 1 aromatic carbocycles. The number of pyridine rings is 1. The molecule has 0 bridgehead atoms. The Hall–Kier alpha value is -2.16.